The van der Waals surface area contributed by atoms with Crippen molar-refractivity contribution in [1.82, 2.24) is 0 Å². The predicted molar refractivity (Wildman–Crippen MR) is 59.9 cm³/mol. The van der Waals surface area contributed by atoms with E-state index >= 15 is 0 Å². The van der Waals surface area contributed by atoms with Crippen molar-refractivity contribution in [2.45, 2.75) is 13.3 Å². The third-order valence-electron chi connectivity index (χ3n) is 1.81. The molecular formula is C10H12BrNO2. The van der Waals surface area contributed by atoms with Gasteiger partial charge >= 0.3 is 0 Å². The van der Waals surface area contributed by atoms with Gasteiger partial charge in [0.15, 0.2) is 0 Å². The highest BCUT2D eigenvalue weighted by atomic mass is 79.9. The molecule has 14 heavy (non-hydrogen) atoms. The first-order valence-corrected chi connectivity index (χ1v) is 5.41. The molecule has 0 aromatic heterocycles. The first-order valence-electron chi connectivity index (χ1n) is 4.29. The maximum atomic E-state index is 11.2. The van der Waals surface area contributed by atoms with Crippen LogP contribution in [0.25, 0.3) is 0 Å². The second kappa shape index (κ2) is 5.00. The van der Waals surface area contributed by atoms with Gasteiger partial charge in [0.2, 0.25) is 5.91 Å². The van der Waals surface area contributed by atoms with E-state index in [1.807, 2.05) is 0 Å². The molecule has 0 aliphatic carbocycles. The van der Waals surface area contributed by atoms with Crippen molar-refractivity contribution >= 4 is 27.5 Å². The summed E-state index contributed by atoms with van der Waals surface area (Å²) in [5, 5.41) is 12.7. The molecule has 1 rings (SSSR count). The summed E-state index contributed by atoms with van der Waals surface area (Å²) >= 11 is 3.18. The van der Waals surface area contributed by atoms with Crippen LogP contribution in [0, 0.1) is 6.92 Å². The molecule has 3 nitrogen and oxygen atoms in total. The Morgan fingerprint density at radius 2 is 2.29 bits per heavy atom. The molecule has 0 heterocycles. The Hall–Kier alpha value is -1.03. The van der Waals surface area contributed by atoms with Crippen molar-refractivity contribution in [3.63, 3.8) is 0 Å². The van der Waals surface area contributed by atoms with Gasteiger partial charge in [0.1, 0.15) is 5.75 Å². The van der Waals surface area contributed by atoms with Gasteiger partial charge in [-0.05, 0) is 18.6 Å². The Morgan fingerprint density at radius 3 is 2.86 bits per heavy atom. The topological polar surface area (TPSA) is 49.3 Å². The number of amides is 1. The zero-order valence-corrected chi connectivity index (χ0v) is 9.47. The van der Waals surface area contributed by atoms with Crippen molar-refractivity contribution in [2.24, 2.45) is 0 Å². The van der Waals surface area contributed by atoms with Gasteiger partial charge in [0.25, 0.3) is 0 Å². The Bertz CT molecular complexity index is 339. The van der Waals surface area contributed by atoms with E-state index in [4.69, 9.17) is 0 Å². The largest absolute Gasteiger partial charge is 0.508 e. The lowest BCUT2D eigenvalue weighted by molar-refractivity contribution is -0.115. The van der Waals surface area contributed by atoms with Crippen LogP contribution in [0.2, 0.25) is 0 Å². The molecule has 0 spiro atoms. The van der Waals surface area contributed by atoms with Crippen molar-refractivity contribution in [3.05, 3.63) is 23.8 Å². The highest BCUT2D eigenvalue weighted by Gasteiger charge is 2.02. The molecule has 0 saturated carbocycles. The lowest BCUT2D eigenvalue weighted by Crippen LogP contribution is -2.11. The Balaban J connectivity index is 2.68. The van der Waals surface area contributed by atoms with Gasteiger partial charge in [-0.1, -0.05) is 22.0 Å². The SMILES string of the molecule is Cc1ccc(NC(=O)CCBr)cc1O. The number of anilines is 1. The van der Waals surface area contributed by atoms with Crippen molar-refractivity contribution < 1.29 is 9.90 Å². The number of hydrogen-bond donors (Lipinski definition) is 2. The van der Waals surface area contributed by atoms with Crippen LogP contribution in [0.4, 0.5) is 5.69 Å². The van der Waals surface area contributed by atoms with Crippen molar-refractivity contribution in [1.29, 1.82) is 0 Å². The zero-order chi connectivity index (χ0) is 10.6. The molecule has 0 aliphatic rings. The minimum atomic E-state index is -0.0647. The van der Waals surface area contributed by atoms with Gasteiger partial charge in [0.05, 0.1) is 0 Å². The Kier molecular flexibility index (Phi) is 3.95. The first-order chi connectivity index (χ1) is 6.63. The molecular weight excluding hydrogens is 246 g/mol. The van der Waals surface area contributed by atoms with Gasteiger partial charge in [-0.3, -0.25) is 4.79 Å². The smallest absolute Gasteiger partial charge is 0.225 e. The lowest BCUT2D eigenvalue weighted by atomic mass is 10.2. The lowest BCUT2D eigenvalue weighted by Gasteiger charge is -2.05. The van der Waals surface area contributed by atoms with Gasteiger partial charge in [-0.2, -0.15) is 0 Å². The average Bonchev–Trinajstić information content (AvgIpc) is 2.12. The van der Waals surface area contributed by atoms with Gasteiger partial charge in [-0.25, -0.2) is 0 Å². The molecule has 4 heteroatoms. The summed E-state index contributed by atoms with van der Waals surface area (Å²) in [7, 11) is 0. The number of carbonyl (C=O) groups is 1. The van der Waals surface area contributed by atoms with Gasteiger partial charge in [-0.15, -0.1) is 0 Å². The number of nitrogens with one attached hydrogen (secondary N) is 1. The summed E-state index contributed by atoms with van der Waals surface area (Å²) < 4.78 is 0. The molecule has 2 N–H and O–H groups in total. The molecule has 0 fully saturated rings. The highest BCUT2D eigenvalue weighted by Crippen LogP contribution is 2.20. The van der Waals surface area contributed by atoms with Crippen LogP contribution in [-0.2, 0) is 4.79 Å². The molecule has 0 radical (unpaired) electrons. The number of hydrogen-bond acceptors (Lipinski definition) is 2. The number of alkyl halides is 1. The molecule has 0 aliphatic heterocycles. The normalized spacial score (nSPS) is 9.86. The van der Waals surface area contributed by atoms with E-state index in [-0.39, 0.29) is 11.7 Å². The van der Waals surface area contributed by atoms with Crippen LogP contribution >= 0.6 is 15.9 Å². The summed E-state index contributed by atoms with van der Waals surface area (Å²) in [6.07, 6.45) is 0.425. The first kappa shape index (κ1) is 11.0. The fraction of sp³-hybridized carbons (Fsp3) is 0.300. The number of aryl methyl sites for hydroxylation is 1. The van der Waals surface area contributed by atoms with Crippen LogP contribution in [0.3, 0.4) is 0 Å². The number of halogens is 1. The van der Waals surface area contributed by atoms with E-state index < -0.39 is 0 Å². The highest BCUT2D eigenvalue weighted by molar-refractivity contribution is 9.09. The molecule has 76 valence electrons. The summed E-state index contributed by atoms with van der Waals surface area (Å²) in [4.78, 5) is 11.2. The predicted octanol–water partition coefficient (Wildman–Crippen LogP) is 2.42. The quantitative estimate of drug-likeness (QED) is 0.818. The zero-order valence-electron chi connectivity index (χ0n) is 7.88. The molecule has 0 atom stereocenters. The monoisotopic (exact) mass is 257 g/mol. The summed E-state index contributed by atoms with van der Waals surface area (Å²) in [6.45, 7) is 1.80. The van der Waals surface area contributed by atoms with Crippen LogP contribution in [0.1, 0.15) is 12.0 Å². The number of benzene rings is 1. The summed E-state index contributed by atoms with van der Waals surface area (Å²) in [5.74, 6) is 0.131. The van der Waals surface area contributed by atoms with E-state index in [1.54, 1.807) is 25.1 Å². The Morgan fingerprint density at radius 1 is 1.57 bits per heavy atom. The van der Waals surface area contributed by atoms with Crippen molar-refractivity contribution in [3.8, 4) is 5.75 Å². The maximum absolute atomic E-state index is 11.2. The standard InChI is InChI=1S/C10H12BrNO2/c1-7-2-3-8(6-9(7)13)12-10(14)4-5-11/h2-3,6,13H,4-5H2,1H3,(H,12,14). The van der Waals surface area contributed by atoms with Gasteiger partial charge < -0.3 is 10.4 Å². The van der Waals surface area contributed by atoms with Crippen LogP contribution in [-0.4, -0.2) is 16.3 Å². The second-order valence-corrected chi connectivity index (χ2v) is 3.78. The number of carbonyl (C=O) groups excluding carboxylic acids is 1. The fourth-order valence-electron chi connectivity index (χ4n) is 0.996. The summed E-state index contributed by atoms with van der Waals surface area (Å²) in [6, 6.07) is 5.07. The molecule has 0 bridgehead atoms. The molecule has 1 amide bonds. The number of phenolic OH excluding ortho intramolecular Hbond substituents is 1. The van der Waals surface area contributed by atoms with Crippen LogP contribution < -0.4 is 5.32 Å². The van der Waals surface area contributed by atoms with E-state index in [9.17, 15) is 9.90 Å². The minimum Gasteiger partial charge on any atom is -0.508 e. The minimum absolute atomic E-state index is 0.0647. The third kappa shape index (κ3) is 3.03. The third-order valence-corrected chi connectivity index (χ3v) is 2.21. The number of rotatable bonds is 3. The van der Waals surface area contributed by atoms with Gasteiger partial charge in [0, 0.05) is 23.5 Å². The summed E-state index contributed by atoms with van der Waals surface area (Å²) in [5.41, 5.74) is 1.42. The fourth-order valence-corrected chi connectivity index (χ4v) is 1.36. The van der Waals surface area contributed by atoms with Crippen LogP contribution in [0.5, 0.6) is 5.75 Å². The van der Waals surface area contributed by atoms with E-state index in [2.05, 4.69) is 21.2 Å². The molecule has 1 aromatic carbocycles. The number of aromatic hydroxyl groups is 1. The average molecular weight is 258 g/mol. The second-order valence-electron chi connectivity index (χ2n) is 2.99. The van der Waals surface area contributed by atoms with Crippen molar-refractivity contribution in [2.75, 3.05) is 10.6 Å². The van der Waals surface area contributed by atoms with E-state index in [0.29, 0.717) is 17.4 Å². The van der Waals surface area contributed by atoms with E-state index in [1.165, 1.54) is 0 Å². The maximum Gasteiger partial charge on any atom is 0.225 e. The van der Waals surface area contributed by atoms with Crippen LogP contribution in [0.15, 0.2) is 18.2 Å². The molecule has 0 unspecified atom stereocenters. The number of phenols is 1. The molecule has 1 aromatic rings. The molecule has 0 saturated heterocycles. The Labute approximate surface area is 91.3 Å². The van der Waals surface area contributed by atoms with E-state index in [0.717, 1.165) is 5.56 Å².